The van der Waals surface area contributed by atoms with Gasteiger partial charge in [-0.1, -0.05) is 44.2 Å². The molecule has 0 spiro atoms. The maximum absolute atomic E-state index is 13.6. The van der Waals surface area contributed by atoms with Crippen molar-refractivity contribution in [3.63, 3.8) is 0 Å². The fourth-order valence-electron chi connectivity index (χ4n) is 3.90. The summed E-state index contributed by atoms with van der Waals surface area (Å²) in [6.45, 7) is 3.82. The van der Waals surface area contributed by atoms with Gasteiger partial charge in [0, 0.05) is 24.9 Å². The van der Waals surface area contributed by atoms with Gasteiger partial charge in [0.25, 0.3) is 0 Å². The van der Waals surface area contributed by atoms with Crippen molar-refractivity contribution in [2.75, 3.05) is 31.9 Å². The number of aliphatic hydroxyl groups excluding tert-OH is 1. The number of thioether (sulfide) groups is 1. The van der Waals surface area contributed by atoms with Gasteiger partial charge < -0.3 is 25.6 Å². The quantitative estimate of drug-likeness (QED) is 0.353. The molecule has 198 valence electrons. The Bertz CT molecular complexity index is 1110. The van der Waals surface area contributed by atoms with E-state index in [4.69, 9.17) is 15.2 Å². The van der Waals surface area contributed by atoms with Crippen molar-refractivity contribution >= 4 is 27.7 Å². The van der Waals surface area contributed by atoms with E-state index in [-0.39, 0.29) is 30.7 Å². The lowest BCUT2D eigenvalue weighted by molar-refractivity contribution is -0.123. The van der Waals surface area contributed by atoms with Crippen molar-refractivity contribution in [2.24, 2.45) is 11.7 Å². The van der Waals surface area contributed by atoms with Gasteiger partial charge >= 0.3 is 0 Å². The molecule has 36 heavy (non-hydrogen) atoms. The highest BCUT2D eigenvalue weighted by Gasteiger charge is 2.33. The number of benzene rings is 2. The number of rotatable bonds is 13. The van der Waals surface area contributed by atoms with Crippen LogP contribution in [0.2, 0.25) is 0 Å². The van der Waals surface area contributed by atoms with Gasteiger partial charge in [-0.2, -0.15) is 16.1 Å². The molecule has 3 atom stereocenters. The summed E-state index contributed by atoms with van der Waals surface area (Å²) in [5.74, 6) is 0.879. The molecule has 1 aliphatic rings. The van der Waals surface area contributed by atoms with Crippen LogP contribution in [0.1, 0.15) is 19.4 Å². The van der Waals surface area contributed by atoms with Crippen molar-refractivity contribution < 1.29 is 27.8 Å². The Labute approximate surface area is 217 Å². The lowest BCUT2D eigenvalue weighted by atomic mass is 10.0. The number of amides is 1. The van der Waals surface area contributed by atoms with Crippen molar-refractivity contribution in [2.45, 2.75) is 43.4 Å². The molecule has 0 aromatic heterocycles. The smallest absolute Gasteiger partial charge is 0.243 e. The monoisotopic (exact) mass is 537 g/mol. The molecule has 0 bridgehead atoms. The highest BCUT2D eigenvalue weighted by molar-refractivity contribution is 7.98. The fourth-order valence-corrected chi connectivity index (χ4v) is 6.04. The number of aliphatic hydroxyl groups is 1. The lowest BCUT2D eigenvalue weighted by Crippen LogP contribution is -2.54. The van der Waals surface area contributed by atoms with Gasteiger partial charge in [-0.3, -0.25) is 4.79 Å². The van der Waals surface area contributed by atoms with Gasteiger partial charge in [0.2, 0.25) is 22.7 Å². The first kappa shape index (κ1) is 28.3. The molecular formula is C25H35N3O6S2. The second-order valence-electron chi connectivity index (χ2n) is 9.16. The average Bonchev–Trinajstić information content (AvgIpc) is 3.31. The van der Waals surface area contributed by atoms with Crippen LogP contribution in [0.4, 0.5) is 0 Å². The van der Waals surface area contributed by atoms with Crippen molar-refractivity contribution in [3.8, 4) is 11.5 Å². The van der Waals surface area contributed by atoms with Gasteiger partial charge in [0.05, 0.1) is 23.1 Å². The molecule has 4 N–H and O–H groups in total. The van der Waals surface area contributed by atoms with E-state index in [0.29, 0.717) is 23.7 Å². The van der Waals surface area contributed by atoms with Gasteiger partial charge in [0.15, 0.2) is 11.5 Å². The van der Waals surface area contributed by atoms with E-state index in [1.54, 1.807) is 6.07 Å². The van der Waals surface area contributed by atoms with Crippen LogP contribution < -0.4 is 20.5 Å². The van der Waals surface area contributed by atoms with Crippen LogP contribution >= 0.6 is 11.8 Å². The third-order valence-electron chi connectivity index (χ3n) is 5.71. The van der Waals surface area contributed by atoms with E-state index in [9.17, 15) is 18.3 Å². The summed E-state index contributed by atoms with van der Waals surface area (Å²) in [7, 11) is -3.98. The average molecular weight is 538 g/mol. The van der Waals surface area contributed by atoms with Gasteiger partial charge in [-0.05, 0) is 36.3 Å². The molecule has 0 unspecified atom stereocenters. The Balaban J connectivity index is 1.85. The molecule has 0 saturated heterocycles. The van der Waals surface area contributed by atoms with Crippen LogP contribution in [0.25, 0.3) is 0 Å². The normalized spacial score (nSPS) is 15.6. The van der Waals surface area contributed by atoms with Crippen LogP contribution in [0.15, 0.2) is 53.4 Å². The third-order valence-corrected chi connectivity index (χ3v) is 8.23. The zero-order chi connectivity index (χ0) is 26.3. The van der Waals surface area contributed by atoms with E-state index in [1.807, 2.05) is 50.4 Å². The first-order valence-corrected chi connectivity index (χ1v) is 14.6. The van der Waals surface area contributed by atoms with Crippen molar-refractivity contribution in [1.82, 2.24) is 9.62 Å². The van der Waals surface area contributed by atoms with E-state index in [1.165, 1.54) is 28.2 Å². The molecule has 1 aliphatic heterocycles. The predicted octanol–water partition coefficient (Wildman–Crippen LogP) is 1.84. The third kappa shape index (κ3) is 7.36. The first-order chi connectivity index (χ1) is 17.1. The van der Waals surface area contributed by atoms with E-state index in [0.717, 1.165) is 5.56 Å². The number of hydrogen-bond donors (Lipinski definition) is 3. The Morgan fingerprint density at radius 3 is 2.50 bits per heavy atom. The number of carbonyl (C=O) groups excluding carboxylic acids is 1. The van der Waals surface area contributed by atoms with Crippen molar-refractivity contribution in [1.29, 1.82) is 0 Å². The Morgan fingerprint density at radius 1 is 1.14 bits per heavy atom. The standard InChI is InChI=1S/C25H35N3O6S2/c1-17(2)13-28(36(31,32)19-9-10-23-24(12-19)34-16-33-23)14-22(29)21(11-18-7-5-4-6-8-18)27-25(30)20(26)15-35-3/h4-10,12,17,20-22,29H,11,13-16,26H2,1-3H3,(H,27,30)/t20-,21-,22+/m0/s1. The summed E-state index contributed by atoms with van der Waals surface area (Å²) < 4.78 is 39.1. The molecule has 11 heteroatoms. The number of ether oxygens (including phenoxy) is 2. The molecule has 0 saturated carbocycles. The van der Waals surface area contributed by atoms with Gasteiger partial charge in [0.1, 0.15) is 0 Å². The zero-order valence-corrected chi connectivity index (χ0v) is 22.4. The highest BCUT2D eigenvalue weighted by Crippen LogP contribution is 2.34. The number of fused-ring (bicyclic) bond motifs is 1. The lowest BCUT2D eigenvalue weighted by Gasteiger charge is -2.31. The predicted molar refractivity (Wildman–Crippen MR) is 141 cm³/mol. The van der Waals surface area contributed by atoms with Crippen LogP contribution in [0.5, 0.6) is 11.5 Å². The first-order valence-electron chi connectivity index (χ1n) is 11.8. The number of hydrogen-bond acceptors (Lipinski definition) is 8. The molecular weight excluding hydrogens is 502 g/mol. The molecule has 0 aliphatic carbocycles. The molecule has 0 fully saturated rings. The summed E-state index contributed by atoms with van der Waals surface area (Å²) in [6, 6.07) is 12.4. The largest absolute Gasteiger partial charge is 0.454 e. The maximum atomic E-state index is 13.6. The second-order valence-corrected chi connectivity index (χ2v) is 12.0. The van der Waals surface area contributed by atoms with E-state index < -0.39 is 34.1 Å². The zero-order valence-electron chi connectivity index (χ0n) is 20.8. The van der Waals surface area contributed by atoms with Crippen LogP contribution in [0, 0.1) is 5.92 Å². The Morgan fingerprint density at radius 2 is 1.83 bits per heavy atom. The number of carbonyl (C=O) groups is 1. The summed E-state index contributed by atoms with van der Waals surface area (Å²) in [6.07, 6.45) is 0.992. The maximum Gasteiger partial charge on any atom is 0.243 e. The topological polar surface area (TPSA) is 131 Å². The fraction of sp³-hybridized carbons (Fsp3) is 0.480. The van der Waals surface area contributed by atoms with Gasteiger partial charge in [-0.15, -0.1) is 0 Å². The molecule has 1 amide bonds. The molecule has 2 aromatic rings. The minimum Gasteiger partial charge on any atom is -0.454 e. The number of nitrogens with one attached hydrogen (secondary N) is 1. The summed E-state index contributed by atoms with van der Waals surface area (Å²) in [4.78, 5) is 12.8. The highest BCUT2D eigenvalue weighted by atomic mass is 32.2. The minimum atomic E-state index is -3.98. The molecule has 9 nitrogen and oxygen atoms in total. The van der Waals surface area contributed by atoms with E-state index >= 15 is 0 Å². The van der Waals surface area contributed by atoms with Crippen LogP contribution in [-0.2, 0) is 21.2 Å². The SMILES string of the molecule is CSC[C@H](N)C(=O)N[C@@H](Cc1ccccc1)[C@H](O)CN(CC(C)C)S(=O)(=O)c1ccc2c(c1)OCO2. The van der Waals surface area contributed by atoms with Crippen molar-refractivity contribution in [3.05, 3.63) is 54.1 Å². The number of nitrogens with two attached hydrogens (primary N) is 1. The van der Waals surface area contributed by atoms with E-state index in [2.05, 4.69) is 5.32 Å². The Hall–Kier alpha value is -2.31. The molecule has 2 aromatic carbocycles. The second kappa shape index (κ2) is 12.8. The minimum absolute atomic E-state index is 0.00171. The van der Waals surface area contributed by atoms with Crippen LogP contribution in [-0.4, -0.2) is 73.8 Å². The summed E-state index contributed by atoms with van der Waals surface area (Å²) in [5, 5.41) is 14.1. The molecule has 0 radical (unpaired) electrons. The number of sulfonamides is 1. The molecule has 1 heterocycles. The molecule has 3 rings (SSSR count). The number of nitrogens with zero attached hydrogens (tertiary/aromatic N) is 1. The van der Waals surface area contributed by atoms with Crippen LogP contribution in [0.3, 0.4) is 0 Å². The Kier molecular flexibility index (Phi) is 10.0. The van der Waals surface area contributed by atoms with Gasteiger partial charge in [-0.25, -0.2) is 8.42 Å². The summed E-state index contributed by atoms with van der Waals surface area (Å²) >= 11 is 1.45. The summed E-state index contributed by atoms with van der Waals surface area (Å²) in [5.41, 5.74) is 6.88.